The molecule has 0 spiro atoms. The third-order valence-corrected chi connectivity index (χ3v) is 3.55. The molecule has 2 nitrogen and oxygen atoms in total. The Morgan fingerprint density at radius 3 is 2.41 bits per heavy atom. The lowest BCUT2D eigenvalue weighted by molar-refractivity contribution is -0.147. The first kappa shape index (κ1) is 14.5. The number of carbonyl (C=O) groups is 1. The summed E-state index contributed by atoms with van der Waals surface area (Å²) < 4.78 is 6.25. The Morgan fingerprint density at radius 1 is 1.29 bits per heavy atom. The predicted molar refractivity (Wildman–Crippen MR) is 78.0 cm³/mol. The minimum atomic E-state index is -0.0927. The van der Waals surface area contributed by atoms with Crippen LogP contribution in [0.2, 0.25) is 0 Å². The van der Waals surface area contributed by atoms with Crippen LogP contribution in [0.4, 0.5) is 0 Å². The number of ether oxygens (including phenoxy) is 1. The van der Waals surface area contributed by atoms with Gasteiger partial charge in [-0.05, 0) is 59.5 Å². The molecule has 0 heterocycles. The second-order valence-corrected chi connectivity index (χ2v) is 5.59. The highest BCUT2D eigenvalue weighted by atomic mass is 127. The zero-order valence-corrected chi connectivity index (χ0v) is 12.7. The van der Waals surface area contributed by atoms with Crippen LogP contribution < -0.4 is 0 Å². The predicted octanol–water partition coefficient (Wildman–Crippen LogP) is 3.98. The van der Waals surface area contributed by atoms with Crippen LogP contribution in [0.3, 0.4) is 0 Å². The summed E-state index contributed by atoms with van der Waals surface area (Å²) in [7, 11) is 0. The number of halogens is 1. The van der Waals surface area contributed by atoms with Gasteiger partial charge in [-0.2, -0.15) is 0 Å². The molecule has 2 unspecified atom stereocenters. The van der Waals surface area contributed by atoms with Crippen molar-refractivity contribution in [2.24, 2.45) is 5.92 Å². The Kier molecular flexibility index (Phi) is 5.95. The molecule has 0 fully saturated rings. The molecule has 17 heavy (non-hydrogen) atoms. The molecule has 1 rings (SSSR count). The molecule has 0 saturated carbocycles. The Labute approximate surface area is 117 Å². The first-order valence-electron chi connectivity index (χ1n) is 5.96. The molecule has 0 N–H and O–H groups in total. The van der Waals surface area contributed by atoms with Crippen LogP contribution in [0.5, 0.6) is 0 Å². The first-order chi connectivity index (χ1) is 8.04. The van der Waals surface area contributed by atoms with Gasteiger partial charge in [0.1, 0.15) is 0 Å². The fraction of sp³-hybridized carbons (Fsp3) is 0.500. The van der Waals surface area contributed by atoms with Gasteiger partial charge in [0, 0.05) is 3.57 Å². The zero-order valence-electron chi connectivity index (χ0n) is 10.6. The van der Waals surface area contributed by atoms with Gasteiger partial charge in [-0.3, -0.25) is 4.79 Å². The minimum absolute atomic E-state index is 0.0378. The smallest absolute Gasteiger partial charge is 0.308 e. The summed E-state index contributed by atoms with van der Waals surface area (Å²) in [6.45, 7) is 6.38. The van der Waals surface area contributed by atoms with E-state index in [2.05, 4.69) is 53.8 Å². The molecule has 0 aromatic heterocycles. The van der Waals surface area contributed by atoms with Crippen molar-refractivity contribution in [3.63, 3.8) is 0 Å². The average Bonchev–Trinajstić information content (AvgIpc) is 2.30. The van der Waals surface area contributed by atoms with Crippen LogP contribution in [0.25, 0.3) is 0 Å². The molecular formula is C14H19IO2. The first-order valence-corrected chi connectivity index (χ1v) is 7.04. The molecule has 0 aliphatic heterocycles. The summed E-state index contributed by atoms with van der Waals surface area (Å²) in [6, 6.07) is 8.46. The SMILES string of the molecule is CCOC(=O)C(C)CC(C)c1ccc(I)cc1. The van der Waals surface area contributed by atoms with E-state index in [4.69, 9.17) is 4.74 Å². The van der Waals surface area contributed by atoms with Crippen molar-refractivity contribution < 1.29 is 9.53 Å². The van der Waals surface area contributed by atoms with Crippen molar-refractivity contribution in [3.8, 4) is 0 Å². The highest BCUT2D eigenvalue weighted by molar-refractivity contribution is 14.1. The maximum atomic E-state index is 11.5. The number of benzene rings is 1. The summed E-state index contributed by atoms with van der Waals surface area (Å²) in [5.74, 6) is 0.250. The van der Waals surface area contributed by atoms with E-state index in [1.165, 1.54) is 9.13 Å². The lowest BCUT2D eigenvalue weighted by atomic mass is 9.91. The lowest BCUT2D eigenvalue weighted by Crippen LogP contribution is -2.16. The van der Waals surface area contributed by atoms with Crippen molar-refractivity contribution in [2.45, 2.75) is 33.1 Å². The molecule has 0 saturated heterocycles. The van der Waals surface area contributed by atoms with E-state index >= 15 is 0 Å². The molecule has 1 aromatic carbocycles. The van der Waals surface area contributed by atoms with E-state index < -0.39 is 0 Å². The van der Waals surface area contributed by atoms with Gasteiger partial charge in [-0.15, -0.1) is 0 Å². The van der Waals surface area contributed by atoms with Crippen molar-refractivity contribution in [2.75, 3.05) is 6.61 Å². The summed E-state index contributed by atoms with van der Waals surface area (Å²) in [5.41, 5.74) is 1.28. The zero-order chi connectivity index (χ0) is 12.8. The molecule has 3 heteroatoms. The number of hydrogen-bond donors (Lipinski definition) is 0. The summed E-state index contributed by atoms with van der Waals surface area (Å²) in [5, 5.41) is 0. The Balaban J connectivity index is 2.56. The molecule has 1 aromatic rings. The van der Waals surface area contributed by atoms with Crippen LogP contribution >= 0.6 is 22.6 Å². The molecule has 2 atom stereocenters. The van der Waals surface area contributed by atoms with Crippen molar-refractivity contribution in [1.82, 2.24) is 0 Å². The summed E-state index contributed by atoms with van der Waals surface area (Å²) >= 11 is 2.29. The second-order valence-electron chi connectivity index (χ2n) is 4.34. The van der Waals surface area contributed by atoms with Crippen molar-refractivity contribution in [1.29, 1.82) is 0 Å². The maximum absolute atomic E-state index is 11.5. The van der Waals surface area contributed by atoms with E-state index in [1.54, 1.807) is 0 Å². The number of rotatable bonds is 5. The highest BCUT2D eigenvalue weighted by Gasteiger charge is 2.18. The van der Waals surface area contributed by atoms with E-state index in [0.717, 1.165) is 6.42 Å². The molecule has 0 radical (unpaired) electrons. The molecule has 0 aliphatic carbocycles. The Morgan fingerprint density at radius 2 is 1.88 bits per heavy atom. The molecular weight excluding hydrogens is 327 g/mol. The molecule has 0 amide bonds. The molecule has 0 aliphatic rings. The summed E-state index contributed by atoms with van der Waals surface area (Å²) in [4.78, 5) is 11.5. The number of carbonyl (C=O) groups excluding carboxylic acids is 1. The van der Waals surface area contributed by atoms with Crippen LogP contribution in [0.15, 0.2) is 24.3 Å². The second kappa shape index (κ2) is 6.99. The fourth-order valence-electron chi connectivity index (χ4n) is 1.84. The van der Waals surface area contributed by atoms with Crippen LogP contribution in [0.1, 0.15) is 38.7 Å². The number of hydrogen-bond acceptors (Lipinski definition) is 2. The topological polar surface area (TPSA) is 26.3 Å². The molecule has 0 bridgehead atoms. The third-order valence-electron chi connectivity index (χ3n) is 2.84. The van der Waals surface area contributed by atoms with Crippen LogP contribution in [-0.2, 0) is 9.53 Å². The van der Waals surface area contributed by atoms with Crippen LogP contribution in [0, 0.1) is 9.49 Å². The van der Waals surface area contributed by atoms with Gasteiger partial charge in [-0.25, -0.2) is 0 Å². The highest BCUT2D eigenvalue weighted by Crippen LogP contribution is 2.24. The largest absolute Gasteiger partial charge is 0.466 e. The van der Waals surface area contributed by atoms with Crippen LogP contribution in [-0.4, -0.2) is 12.6 Å². The monoisotopic (exact) mass is 346 g/mol. The lowest BCUT2D eigenvalue weighted by Gasteiger charge is -2.16. The van der Waals surface area contributed by atoms with E-state index in [-0.39, 0.29) is 11.9 Å². The van der Waals surface area contributed by atoms with E-state index in [1.807, 2.05) is 13.8 Å². The van der Waals surface area contributed by atoms with Gasteiger partial charge < -0.3 is 4.74 Å². The standard InChI is InChI=1S/C14H19IO2/c1-4-17-14(16)11(3)9-10(2)12-5-7-13(15)8-6-12/h5-8,10-11H,4,9H2,1-3H3. The Hall–Kier alpha value is -0.580. The van der Waals surface area contributed by atoms with Gasteiger partial charge in [0.15, 0.2) is 0 Å². The van der Waals surface area contributed by atoms with Gasteiger partial charge in [0.2, 0.25) is 0 Å². The average molecular weight is 346 g/mol. The molecule has 94 valence electrons. The van der Waals surface area contributed by atoms with Gasteiger partial charge in [0.25, 0.3) is 0 Å². The minimum Gasteiger partial charge on any atom is -0.466 e. The third kappa shape index (κ3) is 4.66. The normalized spacial score (nSPS) is 14.1. The van der Waals surface area contributed by atoms with Crippen molar-refractivity contribution >= 4 is 28.6 Å². The Bertz CT molecular complexity index is 359. The summed E-state index contributed by atoms with van der Waals surface area (Å²) in [6.07, 6.45) is 0.833. The number of esters is 1. The van der Waals surface area contributed by atoms with Gasteiger partial charge in [0.05, 0.1) is 12.5 Å². The van der Waals surface area contributed by atoms with E-state index in [0.29, 0.717) is 12.5 Å². The van der Waals surface area contributed by atoms with Crippen molar-refractivity contribution in [3.05, 3.63) is 33.4 Å². The van der Waals surface area contributed by atoms with Gasteiger partial charge in [-0.1, -0.05) is 26.0 Å². The maximum Gasteiger partial charge on any atom is 0.308 e. The fourth-order valence-corrected chi connectivity index (χ4v) is 2.20. The van der Waals surface area contributed by atoms with Gasteiger partial charge >= 0.3 is 5.97 Å². The quantitative estimate of drug-likeness (QED) is 0.595. The van der Waals surface area contributed by atoms with E-state index in [9.17, 15) is 4.79 Å².